The number of hydrogen-bond donors (Lipinski definition) is 1. The number of ether oxygens (including phenoxy) is 1. The van der Waals surface area contributed by atoms with Gasteiger partial charge in [-0.25, -0.2) is 0 Å². The first kappa shape index (κ1) is 13.0. The normalized spacial score (nSPS) is 13.7. The number of hydrogen-bond acceptors (Lipinski definition) is 3. The van der Waals surface area contributed by atoms with Crippen molar-refractivity contribution in [1.82, 2.24) is 0 Å². The highest BCUT2D eigenvalue weighted by Crippen LogP contribution is 2.18. The molecule has 0 heterocycles. The Kier molecular flexibility index (Phi) is 4.31. The summed E-state index contributed by atoms with van der Waals surface area (Å²) >= 11 is 0. The SMILES string of the molecule is Nc1ccccc1S(=O)CCOC(F)(F)F. The maximum atomic E-state index is 11.6. The number of halogens is 3. The number of nitrogen functional groups attached to an aromatic ring is 1. The topological polar surface area (TPSA) is 52.3 Å². The van der Waals surface area contributed by atoms with Gasteiger partial charge in [0.2, 0.25) is 0 Å². The highest BCUT2D eigenvalue weighted by atomic mass is 32.2. The van der Waals surface area contributed by atoms with Crippen LogP contribution in [0.1, 0.15) is 0 Å². The van der Waals surface area contributed by atoms with E-state index in [1.54, 1.807) is 12.1 Å². The summed E-state index contributed by atoms with van der Waals surface area (Å²) < 4.78 is 50.0. The van der Waals surface area contributed by atoms with E-state index >= 15 is 0 Å². The van der Waals surface area contributed by atoms with Crippen LogP contribution in [0.2, 0.25) is 0 Å². The van der Waals surface area contributed by atoms with E-state index in [1.165, 1.54) is 12.1 Å². The van der Waals surface area contributed by atoms with Crippen LogP contribution in [0.5, 0.6) is 0 Å². The van der Waals surface area contributed by atoms with Crippen LogP contribution in [0.4, 0.5) is 18.9 Å². The molecule has 0 aliphatic carbocycles. The van der Waals surface area contributed by atoms with E-state index in [1.807, 2.05) is 0 Å². The minimum atomic E-state index is -4.69. The lowest BCUT2D eigenvalue weighted by molar-refractivity contribution is -0.322. The zero-order chi connectivity index (χ0) is 12.2. The van der Waals surface area contributed by atoms with Gasteiger partial charge in [-0.05, 0) is 12.1 Å². The molecule has 1 unspecified atom stereocenters. The lowest BCUT2D eigenvalue weighted by Crippen LogP contribution is -2.18. The molecule has 1 aromatic rings. The van der Waals surface area contributed by atoms with Gasteiger partial charge in [0.15, 0.2) is 0 Å². The van der Waals surface area contributed by atoms with Gasteiger partial charge in [0, 0.05) is 5.69 Å². The molecule has 7 heteroatoms. The summed E-state index contributed by atoms with van der Waals surface area (Å²) in [6, 6.07) is 6.33. The maximum Gasteiger partial charge on any atom is 0.522 e. The molecule has 3 nitrogen and oxygen atoms in total. The first-order valence-electron chi connectivity index (χ1n) is 4.34. The van der Waals surface area contributed by atoms with Crippen LogP contribution in [0.15, 0.2) is 29.2 Å². The lowest BCUT2D eigenvalue weighted by Gasteiger charge is -2.08. The third-order valence-electron chi connectivity index (χ3n) is 1.70. The number of para-hydroxylation sites is 1. The second kappa shape index (κ2) is 5.31. The van der Waals surface area contributed by atoms with Crippen molar-refractivity contribution in [3.05, 3.63) is 24.3 Å². The van der Waals surface area contributed by atoms with Crippen LogP contribution < -0.4 is 5.73 Å². The van der Waals surface area contributed by atoms with Crippen molar-refractivity contribution < 1.29 is 22.1 Å². The van der Waals surface area contributed by atoms with E-state index in [0.717, 1.165) is 0 Å². The van der Waals surface area contributed by atoms with Gasteiger partial charge in [-0.2, -0.15) is 0 Å². The third kappa shape index (κ3) is 4.19. The predicted molar refractivity (Wildman–Crippen MR) is 54.1 cm³/mol. The van der Waals surface area contributed by atoms with Crippen molar-refractivity contribution in [2.45, 2.75) is 11.3 Å². The smallest absolute Gasteiger partial charge is 0.398 e. The zero-order valence-corrected chi connectivity index (χ0v) is 8.98. The number of rotatable bonds is 4. The van der Waals surface area contributed by atoms with Crippen molar-refractivity contribution in [1.29, 1.82) is 0 Å². The van der Waals surface area contributed by atoms with Crippen molar-refractivity contribution in [2.24, 2.45) is 0 Å². The van der Waals surface area contributed by atoms with Crippen LogP contribution in [-0.2, 0) is 15.5 Å². The molecule has 0 spiro atoms. The minimum Gasteiger partial charge on any atom is -0.398 e. The third-order valence-corrected chi connectivity index (χ3v) is 3.10. The summed E-state index contributed by atoms with van der Waals surface area (Å²) in [6.45, 7) is -0.648. The molecule has 0 aliphatic heterocycles. The Labute approximate surface area is 92.9 Å². The maximum absolute atomic E-state index is 11.6. The fourth-order valence-electron chi connectivity index (χ4n) is 1.03. The number of anilines is 1. The minimum absolute atomic E-state index is 0.242. The Morgan fingerprint density at radius 1 is 1.31 bits per heavy atom. The summed E-state index contributed by atoms with van der Waals surface area (Å²) in [5.74, 6) is -0.242. The lowest BCUT2D eigenvalue weighted by atomic mass is 10.3. The van der Waals surface area contributed by atoms with E-state index < -0.39 is 23.8 Å². The Morgan fingerprint density at radius 3 is 2.50 bits per heavy atom. The molecule has 90 valence electrons. The van der Waals surface area contributed by atoms with E-state index in [4.69, 9.17) is 5.73 Å². The average molecular weight is 253 g/mol. The Bertz CT molecular complexity index is 381. The molecule has 0 radical (unpaired) electrons. The van der Waals surface area contributed by atoms with Gasteiger partial charge < -0.3 is 5.73 Å². The van der Waals surface area contributed by atoms with Gasteiger partial charge in [0.25, 0.3) is 0 Å². The van der Waals surface area contributed by atoms with E-state index in [9.17, 15) is 17.4 Å². The second-order valence-corrected chi connectivity index (χ2v) is 4.42. The second-order valence-electron chi connectivity index (χ2n) is 2.88. The van der Waals surface area contributed by atoms with Gasteiger partial charge in [0.05, 0.1) is 28.1 Å². The average Bonchev–Trinajstić information content (AvgIpc) is 2.16. The number of benzene rings is 1. The van der Waals surface area contributed by atoms with Gasteiger partial charge in [0.1, 0.15) is 0 Å². The van der Waals surface area contributed by atoms with Crippen molar-refractivity contribution in [3.8, 4) is 0 Å². The Hall–Kier alpha value is -1.08. The van der Waals surface area contributed by atoms with Gasteiger partial charge >= 0.3 is 6.36 Å². The molecule has 0 fully saturated rings. The van der Waals surface area contributed by atoms with Crippen molar-refractivity contribution in [2.75, 3.05) is 18.1 Å². The van der Waals surface area contributed by atoms with Crippen LogP contribution in [0, 0.1) is 0 Å². The highest BCUT2D eigenvalue weighted by Gasteiger charge is 2.29. The van der Waals surface area contributed by atoms with E-state index in [-0.39, 0.29) is 5.75 Å². The Morgan fingerprint density at radius 2 is 1.94 bits per heavy atom. The first-order chi connectivity index (χ1) is 7.40. The molecular weight excluding hydrogens is 243 g/mol. The molecule has 0 aliphatic rings. The zero-order valence-electron chi connectivity index (χ0n) is 8.16. The largest absolute Gasteiger partial charge is 0.522 e. The molecule has 0 saturated carbocycles. The first-order valence-corrected chi connectivity index (χ1v) is 5.65. The summed E-state index contributed by atoms with van der Waals surface area (Å²) in [4.78, 5) is 0.327. The summed E-state index contributed by atoms with van der Waals surface area (Å²) in [5, 5.41) is 0. The van der Waals surface area contributed by atoms with Crippen LogP contribution in [0.25, 0.3) is 0 Å². The van der Waals surface area contributed by atoms with Crippen LogP contribution >= 0.6 is 0 Å². The van der Waals surface area contributed by atoms with E-state index in [0.29, 0.717) is 10.6 Å². The van der Waals surface area contributed by atoms with Gasteiger partial charge in [-0.1, -0.05) is 12.1 Å². The molecular formula is C9H10F3NO2S. The summed E-state index contributed by atoms with van der Waals surface area (Å²) in [5.41, 5.74) is 5.82. The van der Waals surface area contributed by atoms with Crippen molar-refractivity contribution in [3.63, 3.8) is 0 Å². The Balaban J connectivity index is 2.51. The molecule has 1 rings (SSSR count). The van der Waals surface area contributed by atoms with Crippen molar-refractivity contribution >= 4 is 16.5 Å². The quantitative estimate of drug-likeness (QED) is 0.834. The predicted octanol–water partition coefficient (Wildman–Crippen LogP) is 1.91. The van der Waals surface area contributed by atoms with Gasteiger partial charge in [-0.15, -0.1) is 13.2 Å². The molecule has 0 amide bonds. The summed E-state index contributed by atoms with van der Waals surface area (Å²) in [7, 11) is -1.58. The van der Waals surface area contributed by atoms with E-state index in [2.05, 4.69) is 4.74 Å². The molecule has 1 aromatic carbocycles. The van der Waals surface area contributed by atoms with Crippen LogP contribution in [-0.4, -0.2) is 22.9 Å². The number of alkyl halides is 3. The molecule has 0 bridgehead atoms. The number of nitrogens with two attached hydrogens (primary N) is 1. The van der Waals surface area contributed by atoms with Gasteiger partial charge in [-0.3, -0.25) is 8.95 Å². The molecule has 0 aromatic heterocycles. The highest BCUT2D eigenvalue weighted by molar-refractivity contribution is 7.85. The monoisotopic (exact) mass is 253 g/mol. The molecule has 0 saturated heterocycles. The molecule has 16 heavy (non-hydrogen) atoms. The molecule has 1 atom stereocenters. The fourth-order valence-corrected chi connectivity index (χ4v) is 2.05. The molecule has 2 N–H and O–H groups in total. The van der Waals surface area contributed by atoms with Crippen LogP contribution in [0.3, 0.4) is 0 Å². The standard InChI is InChI=1S/C9H10F3NO2S/c10-9(11,12)15-5-6-16(14)8-4-2-1-3-7(8)13/h1-4H,5-6,13H2. The summed E-state index contributed by atoms with van der Waals surface area (Å²) in [6.07, 6.45) is -4.69. The fraction of sp³-hybridized carbons (Fsp3) is 0.333.